The van der Waals surface area contributed by atoms with Crippen molar-refractivity contribution in [2.24, 2.45) is 0 Å². The van der Waals surface area contributed by atoms with E-state index in [1.54, 1.807) is 0 Å². The summed E-state index contributed by atoms with van der Waals surface area (Å²) in [6.45, 7) is 0. The number of fused-ring (bicyclic) bond motifs is 18. The van der Waals surface area contributed by atoms with Gasteiger partial charge in [-0.1, -0.05) is 218 Å². The Bertz CT molecular complexity index is 3870. The van der Waals surface area contributed by atoms with Gasteiger partial charge >= 0.3 is 0 Å². The summed E-state index contributed by atoms with van der Waals surface area (Å²) in [6, 6.07) is 96.6. The van der Waals surface area contributed by atoms with Crippen LogP contribution in [0.4, 0.5) is 17.1 Å². The summed E-state index contributed by atoms with van der Waals surface area (Å²) >= 11 is 1.88. The molecule has 11 aromatic carbocycles. The largest absolute Gasteiger partial charge is 0.457 e. The first kappa shape index (κ1) is 40.3. The van der Waals surface area contributed by atoms with Gasteiger partial charge in [-0.05, 0) is 127 Å². The third-order valence-corrected chi connectivity index (χ3v) is 16.8. The van der Waals surface area contributed by atoms with E-state index in [1.165, 1.54) is 76.6 Å². The van der Waals surface area contributed by atoms with Crippen molar-refractivity contribution in [3.63, 3.8) is 0 Å². The van der Waals surface area contributed by atoms with Crippen LogP contribution in [0.2, 0.25) is 0 Å². The number of anilines is 3. The molecule has 11 aromatic rings. The first-order valence-electron chi connectivity index (χ1n) is 24.5. The minimum atomic E-state index is -0.565. The van der Waals surface area contributed by atoms with E-state index in [-0.39, 0.29) is 0 Å². The fourth-order valence-electron chi connectivity index (χ4n) is 12.8. The number of rotatable bonds is 5. The average Bonchev–Trinajstić information content (AvgIpc) is 3.89. The van der Waals surface area contributed by atoms with E-state index >= 15 is 0 Å². The molecule has 2 aliphatic carbocycles. The van der Waals surface area contributed by atoms with Gasteiger partial charge in [-0.25, -0.2) is 0 Å². The Hall–Kier alpha value is -8.63. The van der Waals surface area contributed by atoms with E-state index in [1.807, 2.05) is 11.8 Å². The normalized spacial score (nSPS) is 14.2. The molecule has 2 aliphatic heterocycles. The molecule has 332 valence electrons. The van der Waals surface area contributed by atoms with Crippen LogP contribution in [0, 0.1) is 0 Å². The summed E-state index contributed by atoms with van der Waals surface area (Å²) in [5.41, 5.74) is 22.0. The van der Waals surface area contributed by atoms with Gasteiger partial charge in [0.05, 0.1) is 16.5 Å². The molecule has 3 heteroatoms. The van der Waals surface area contributed by atoms with Crippen molar-refractivity contribution in [2.45, 2.75) is 20.6 Å². The molecule has 0 saturated heterocycles. The lowest BCUT2D eigenvalue weighted by Crippen LogP contribution is -2.32. The van der Waals surface area contributed by atoms with Crippen LogP contribution in [0.1, 0.15) is 44.5 Å². The molecule has 0 bridgehead atoms. The third kappa shape index (κ3) is 5.61. The molecule has 15 rings (SSSR count). The number of ether oxygens (including phenoxy) is 1. The minimum absolute atomic E-state index is 0.522. The van der Waals surface area contributed by atoms with Gasteiger partial charge in [-0.2, -0.15) is 0 Å². The number of nitrogens with zero attached hydrogens (tertiary/aromatic N) is 1. The highest BCUT2D eigenvalue weighted by atomic mass is 32.2. The molecule has 0 saturated carbocycles. The molecule has 0 atom stereocenters. The highest BCUT2D eigenvalue weighted by Gasteiger charge is 2.52. The second kappa shape index (κ2) is 15.4. The Kier molecular flexibility index (Phi) is 8.76. The molecule has 0 radical (unpaired) electrons. The van der Waals surface area contributed by atoms with Crippen molar-refractivity contribution in [3.05, 3.63) is 305 Å². The van der Waals surface area contributed by atoms with Crippen LogP contribution in [0.5, 0.6) is 11.5 Å². The van der Waals surface area contributed by atoms with Crippen LogP contribution in [0.3, 0.4) is 0 Å². The molecule has 0 unspecified atom stereocenters. The standard InChI is InChI=1S/C68H43NOS/c1-2-18-44(19-3-1)45-34-36-46(37-35-45)49-20-6-13-29-62(49)69(47-39-41-56-53(42-47)51-22-5-8-24-55(51)67(56)57-25-9-14-30-63(57)70-64-31-15-10-26-58(64)67)48-38-40-52-50-21-4-7-23-54(50)68(61(52)43-48)59-27-11-16-32-65(59)71-66-33-17-12-28-60(66)68/h1-43H. The number of hydrogen-bond acceptors (Lipinski definition) is 3. The molecule has 2 spiro atoms. The Morgan fingerprint density at radius 3 is 1.38 bits per heavy atom. The maximum Gasteiger partial charge on any atom is 0.132 e. The molecule has 2 heterocycles. The van der Waals surface area contributed by atoms with E-state index in [9.17, 15) is 0 Å². The van der Waals surface area contributed by atoms with Crippen LogP contribution in [-0.4, -0.2) is 0 Å². The quantitative estimate of drug-likeness (QED) is 0.171. The van der Waals surface area contributed by atoms with Gasteiger partial charge in [0.1, 0.15) is 11.5 Å². The molecular weight excluding hydrogens is 879 g/mol. The predicted molar refractivity (Wildman–Crippen MR) is 291 cm³/mol. The maximum absolute atomic E-state index is 6.70. The zero-order chi connectivity index (χ0) is 46.7. The number of hydrogen-bond donors (Lipinski definition) is 0. The lowest BCUT2D eigenvalue weighted by molar-refractivity contribution is 0.436. The van der Waals surface area contributed by atoms with Gasteiger partial charge in [-0.3, -0.25) is 0 Å². The maximum atomic E-state index is 6.70. The molecule has 0 amide bonds. The van der Waals surface area contributed by atoms with Crippen LogP contribution in [-0.2, 0) is 10.8 Å². The highest BCUT2D eigenvalue weighted by Crippen LogP contribution is 2.65. The molecule has 71 heavy (non-hydrogen) atoms. The van der Waals surface area contributed by atoms with Gasteiger partial charge in [0.15, 0.2) is 0 Å². The summed E-state index contributed by atoms with van der Waals surface area (Å²) in [5, 5.41) is 0. The molecule has 0 fully saturated rings. The monoisotopic (exact) mass is 921 g/mol. The first-order valence-corrected chi connectivity index (χ1v) is 25.3. The predicted octanol–water partition coefficient (Wildman–Crippen LogP) is 17.8. The summed E-state index contributed by atoms with van der Waals surface area (Å²) in [7, 11) is 0. The number of benzene rings is 11. The molecule has 0 aromatic heterocycles. The van der Waals surface area contributed by atoms with Gasteiger partial charge in [-0.15, -0.1) is 0 Å². The van der Waals surface area contributed by atoms with Gasteiger partial charge in [0.25, 0.3) is 0 Å². The lowest BCUT2D eigenvalue weighted by atomic mass is 9.66. The Labute approximate surface area is 418 Å². The van der Waals surface area contributed by atoms with Crippen molar-refractivity contribution in [1.82, 2.24) is 0 Å². The summed E-state index contributed by atoms with van der Waals surface area (Å²) in [4.78, 5) is 5.11. The van der Waals surface area contributed by atoms with Crippen molar-refractivity contribution >= 4 is 28.8 Å². The fraction of sp³-hybridized carbons (Fsp3) is 0.0294. The molecular formula is C68H43NOS. The van der Waals surface area contributed by atoms with Crippen LogP contribution in [0.25, 0.3) is 44.5 Å². The Morgan fingerprint density at radius 2 is 0.718 bits per heavy atom. The van der Waals surface area contributed by atoms with Gasteiger partial charge < -0.3 is 9.64 Å². The molecule has 4 aliphatic rings. The van der Waals surface area contributed by atoms with Crippen LogP contribution < -0.4 is 9.64 Å². The second-order valence-electron chi connectivity index (χ2n) is 19.0. The minimum Gasteiger partial charge on any atom is -0.457 e. The lowest BCUT2D eigenvalue weighted by Gasteiger charge is -2.40. The van der Waals surface area contributed by atoms with Gasteiger partial charge in [0, 0.05) is 37.9 Å². The zero-order valence-corrected chi connectivity index (χ0v) is 39.4. The molecule has 0 N–H and O–H groups in total. The van der Waals surface area contributed by atoms with Crippen molar-refractivity contribution < 1.29 is 4.74 Å². The fourth-order valence-corrected chi connectivity index (χ4v) is 14.0. The van der Waals surface area contributed by atoms with Crippen molar-refractivity contribution in [3.8, 4) is 56.0 Å². The molecule has 2 nitrogen and oxygen atoms in total. The van der Waals surface area contributed by atoms with Crippen LogP contribution >= 0.6 is 11.8 Å². The topological polar surface area (TPSA) is 12.5 Å². The van der Waals surface area contributed by atoms with Crippen molar-refractivity contribution in [2.75, 3.05) is 4.90 Å². The SMILES string of the molecule is c1ccc(-c2ccc(-c3ccccc3N(c3ccc4c(c3)-c3ccccc3C43c4ccccc4Oc4ccccc43)c3ccc4c(c3)C3(c5ccccc5Sc5ccccc53)c3ccccc3-4)cc2)cc1. The Balaban J connectivity index is 0.994. The van der Waals surface area contributed by atoms with E-state index in [0.717, 1.165) is 50.8 Å². The average molecular weight is 922 g/mol. The van der Waals surface area contributed by atoms with E-state index in [2.05, 4.69) is 266 Å². The van der Waals surface area contributed by atoms with Crippen LogP contribution in [0.15, 0.2) is 271 Å². The van der Waals surface area contributed by atoms with E-state index in [4.69, 9.17) is 4.74 Å². The number of para-hydroxylation sites is 3. The third-order valence-electron chi connectivity index (χ3n) is 15.6. The zero-order valence-electron chi connectivity index (χ0n) is 38.6. The van der Waals surface area contributed by atoms with Gasteiger partial charge in [0.2, 0.25) is 0 Å². The first-order chi connectivity index (χ1) is 35.2. The van der Waals surface area contributed by atoms with E-state index in [0.29, 0.717) is 0 Å². The van der Waals surface area contributed by atoms with E-state index < -0.39 is 10.8 Å². The highest BCUT2D eigenvalue weighted by molar-refractivity contribution is 7.99. The summed E-state index contributed by atoms with van der Waals surface area (Å²) in [5.74, 6) is 1.79. The summed E-state index contributed by atoms with van der Waals surface area (Å²) < 4.78 is 6.70. The summed E-state index contributed by atoms with van der Waals surface area (Å²) in [6.07, 6.45) is 0. The Morgan fingerprint density at radius 1 is 0.282 bits per heavy atom. The smallest absolute Gasteiger partial charge is 0.132 e. The van der Waals surface area contributed by atoms with Crippen molar-refractivity contribution in [1.29, 1.82) is 0 Å². The second-order valence-corrected chi connectivity index (χ2v) is 20.1.